The summed E-state index contributed by atoms with van der Waals surface area (Å²) in [5.74, 6) is 1.03. The molecule has 1 aromatic rings. The van der Waals surface area contributed by atoms with Crippen LogP contribution in [0.1, 0.15) is 25.7 Å². The Kier molecular flexibility index (Phi) is 14.0. The molecule has 26 heavy (non-hydrogen) atoms. The highest BCUT2D eigenvalue weighted by atomic mass is 35.5. The number of likely N-dealkylation sites (tertiary alicyclic amines) is 1. The largest absolute Gasteiger partial charge is 0.492 e. The lowest BCUT2D eigenvalue weighted by molar-refractivity contribution is -0.122. The molecule has 0 atom stereocenters. The molecule has 0 bridgehead atoms. The molecule has 1 aromatic carbocycles. The summed E-state index contributed by atoms with van der Waals surface area (Å²) >= 11 is 5.86. The maximum Gasteiger partial charge on any atom is 0.220 e. The van der Waals surface area contributed by atoms with Gasteiger partial charge in [-0.25, -0.2) is 0 Å². The van der Waals surface area contributed by atoms with Crippen molar-refractivity contribution in [2.75, 3.05) is 39.8 Å². The van der Waals surface area contributed by atoms with Crippen molar-refractivity contribution in [1.29, 1.82) is 0 Å². The number of ether oxygens (including phenoxy) is 1. The zero-order valence-electron chi connectivity index (χ0n) is 15.2. The van der Waals surface area contributed by atoms with Crippen LogP contribution in [-0.2, 0) is 4.79 Å². The highest BCUT2D eigenvalue weighted by Gasteiger charge is 2.20. The Hall–Kier alpha value is -0.720. The standard InChI is InChI=1S/C18H28ClN3O2.2ClH/c1-20-10-2-3-18(23)21-16-8-11-22(12-9-16)13-14-24-17-6-4-15(19)5-7-17;;/h4-7,16,20H,2-3,8-14H2,1H3,(H,21,23);2*1H. The molecule has 0 saturated carbocycles. The normalized spacial score (nSPS) is 14.8. The van der Waals surface area contributed by atoms with Crippen molar-refractivity contribution in [2.45, 2.75) is 31.7 Å². The van der Waals surface area contributed by atoms with Gasteiger partial charge in [-0.1, -0.05) is 11.6 Å². The van der Waals surface area contributed by atoms with Crippen LogP contribution in [0.4, 0.5) is 0 Å². The number of hydrogen-bond donors (Lipinski definition) is 2. The van der Waals surface area contributed by atoms with Gasteiger partial charge in [0.25, 0.3) is 0 Å². The molecular formula is C18H30Cl3N3O2. The fourth-order valence-electron chi connectivity index (χ4n) is 2.85. The van der Waals surface area contributed by atoms with Crippen LogP contribution < -0.4 is 15.4 Å². The van der Waals surface area contributed by atoms with Crippen molar-refractivity contribution < 1.29 is 9.53 Å². The molecular weight excluding hydrogens is 397 g/mol. The van der Waals surface area contributed by atoms with Gasteiger partial charge < -0.3 is 15.4 Å². The molecule has 0 radical (unpaired) electrons. The van der Waals surface area contributed by atoms with Gasteiger partial charge in [0.2, 0.25) is 5.91 Å². The van der Waals surface area contributed by atoms with Gasteiger partial charge in [-0.3, -0.25) is 9.69 Å². The van der Waals surface area contributed by atoms with Gasteiger partial charge in [0, 0.05) is 37.1 Å². The average molecular weight is 427 g/mol. The fraction of sp³-hybridized carbons (Fsp3) is 0.611. The van der Waals surface area contributed by atoms with E-state index in [0.717, 1.165) is 56.2 Å². The van der Waals surface area contributed by atoms with Gasteiger partial charge in [0.1, 0.15) is 12.4 Å². The Labute approximate surface area is 174 Å². The van der Waals surface area contributed by atoms with Crippen molar-refractivity contribution in [3.05, 3.63) is 29.3 Å². The Morgan fingerprint density at radius 1 is 1.23 bits per heavy atom. The van der Waals surface area contributed by atoms with Gasteiger partial charge in [-0.2, -0.15) is 0 Å². The summed E-state index contributed by atoms with van der Waals surface area (Å²) in [6, 6.07) is 7.76. The summed E-state index contributed by atoms with van der Waals surface area (Å²) in [6.07, 6.45) is 3.52. The third-order valence-electron chi connectivity index (χ3n) is 4.27. The quantitative estimate of drug-likeness (QED) is 0.596. The molecule has 2 N–H and O–H groups in total. The smallest absolute Gasteiger partial charge is 0.220 e. The van der Waals surface area contributed by atoms with Gasteiger partial charge in [-0.05, 0) is 57.1 Å². The van der Waals surface area contributed by atoms with Crippen molar-refractivity contribution >= 4 is 42.3 Å². The molecule has 0 aliphatic carbocycles. The fourth-order valence-corrected chi connectivity index (χ4v) is 2.98. The molecule has 1 fully saturated rings. The van der Waals surface area contributed by atoms with Crippen molar-refractivity contribution in [1.82, 2.24) is 15.5 Å². The molecule has 2 rings (SSSR count). The van der Waals surface area contributed by atoms with E-state index in [0.29, 0.717) is 19.1 Å². The Morgan fingerprint density at radius 3 is 2.50 bits per heavy atom. The van der Waals surface area contributed by atoms with E-state index in [-0.39, 0.29) is 30.7 Å². The second-order valence-electron chi connectivity index (χ2n) is 6.19. The summed E-state index contributed by atoms with van der Waals surface area (Å²) in [5.41, 5.74) is 0. The zero-order chi connectivity index (χ0) is 17.2. The average Bonchev–Trinajstić information content (AvgIpc) is 2.58. The molecule has 1 aliphatic rings. The second-order valence-corrected chi connectivity index (χ2v) is 6.63. The van der Waals surface area contributed by atoms with Gasteiger partial charge >= 0.3 is 0 Å². The van der Waals surface area contributed by atoms with Crippen LogP contribution >= 0.6 is 36.4 Å². The number of nitrogens with one attached hydrogen (secondary N) is 2. The first-order chi connectivity index (χ1) is 11.7. The van der Waals surface area contributed by atoms with Gasteiger partial charge in [0.15, 0.2) is 0 Å². The summed E-state index contributed by atoms with van der Waals surface area (Å²) in [5, 5.41) is 6.93. The van der Waals surface area contributed by atoms with Crippen molar-refractivity contribution in [3.8, 4) is 5.75 Å². The lowest BCUT2D eigenvalue weighted by Crippen LogP contribution is -2.45. The summed E-state index contributed by atoms with van der Waals surface area (Å²) in [6.45, 7) is 4.48. The van der Waals surface area contributed by atoms with E-state index in [1.807, 2.05) is 31.3 Å². The molecule has 1 heterocycles. The summed E-state index contributed by atoms with van der Waals surface area (Å²) < 4.78 is 5.73. The predicted octanol–water partition coefficient (Wildman–Crippen LogP) is 3.14. The number of benzene rings is 1. The maximum absolute atomic E-state index is 11.8. The van der Waals surface area contributed by atoms with E-state index in [2.05, 4.69) is 15.5 Å². The van der Waals surface area contributed by atoms with Crippen LogP contribution in [0.3, 0.4) is 0 Å². The molecule has 0 aromatic heterocycles. The molecule has 5 nitrogen and oxygen atoms in total. The lowest BCUT2D eigenvalue weighted by Gasteiger charge is -2.32. The predicted molar refractivity (Wildman–Crippen MR) is 112 cm³/mol. The molecule has 1 amide bonds. The number of carbonyl (C=O) groups is 1. The number of carbonyl (C=O) groups excluding carboxylic acids is 1. The second kappa shape index (κ2) is 14.4. The van der Waals surface area contributed by atoms with Gasteiger partial charge in [0.05, 0.1) is 0 Å². The van der Waals surface area contributed by atoms with Crippen LogP contribution in [0.15, 0.2) is 24.3 Å². The van der Waals surface area contributed by atoms with Crippen LogP contribution in [-0.4, -0.2) is 56.7 Å². The number of piperidine rings is 1. The maximum atomic E-state index is 11.8. The van der Waals surface area contributed by atoms with E-state index in [1.165, 1.54) is 0 Å². The van der Waals surface area contributed by atoms with Crippen LogP contribution in [0.25, 0.3) is 0 Å². The molecule has 0 unspecified atom stereocenters. The highest BCUT2D eigenvalue weighted by Crippen LogP contribution is 2.16. The van der Waals surface area contributed by atoms with Crippen molar-refractivity contribution in [3.63, 3.8) is 0 Å². The SMILES string of the molecule is CNCCCC(=O)NC1CCN(CCOc2ccc(Cl)cc2)CC1.Cl.Cl. The van der Waals surface area contributed by atoms with Crippen LogP contribution in [0.2, 0.25) is 5.02 Å². The first kappa shape index (κ1) is 25.3. The Bertz CT molecular complexity index is 495. The minimum atomic E-state index is 0. The lowest BCUT2D eigenvalue weighted by atomic mass is 10.0. The third kappa shape index (κ3) is 9.83. The summed E-state index contributed by atoms with van der Waals surface area (Å²) in [7, 11) is 1.91. The zero-order valence-corrected chi connectivity index (χ0v) is 17.6. The van der Waals surface area contributed by atoms with Crippen LogP contribution in [0.5, 0.6) is 5.75 Å². The van der Waals surface area contributed by atoms with E-state index in [1.54, 1.807) is 0 Å². The molecule has 1 aliphatic heterocycles. The molecule has 0 spiro atoms. The number of hydrogen-bond acceptors (Lipinski definition) is 4. The van der Waals surface area contributed by atoms with E-state index >= 15 is 0 Å². The van der Waals surface area contributed by atoms with Crippen LogP contribution in [0, 0.1) is 0 Å². The topological polar surface area (TPSA) is 53.6 Å². The highest BCUT2D eigenvalue weighted by molar-refractivity contribution is 6.30. The number of halogens is 3. The Balaban J connectivity index is 0.00000312. The number of nitrogens with zero attached hydrogens (tertiary/aromatic N) is 1. The van der Waals surface area contributed by atoms with Crippen molar-refractivity contribution in [2.24, 2.45) is 0 Å². The first-order valence-electron chi connectivity index (χ1n) is 8.72. The number of rotatable bonds is 9. The van der Waals surface area contributed by atoms with E-state index < -0.39 is 0 Å². The third-order valence-corrected chi connectivity index (χ3v) is 4.53. The molecule has 8 heteroatoms. The summed E-state index contributed by atoms with van der Waals surface area (Å²) in [4.78, 5) is 14.2. The monoisotopic (exact) mass is 425 g/mol. The Morgan fingerprint density at radius 2 is 1.88 bits per heavy atom. The minimum Gasteiger partial charge on any atom is -0.492 e. The van der Waals surface area contributed by atoms with E-state index in [9.17, 15) is 4.79 Å². The van der Waals surface area contributed by atoms with E-state index in [4.69, 9.17) is 16.3 Å². The minimum absolute atomic E-state index is 0. The molecule has 1 saturated heterocycles. The first-order valence-corrected chi connectivity index (χ1v) is 9.10. The number of amides is 1. The van der Waals surface area contributed by atoms with Gasteiger partial charge in [-0.15, -0.1) is 24.8 Å². The molecule has 150 valence electrons.